The summed E-state index contributed by atoms with van der Waals surface area (Å²) in [5.74, 6) is 0.958. The van der Waals surface area contributed by atoms with Crippen molar-refractivity contribution in [2.45, 2.75) is 45.4 Å². The Balaban J connectivity index is 1.31. The van der Waals surface area contributed by atoms with E-state index in [0.717, 1.165) is 23.9 Å². The van der Waals surface area contributed by atoms with Gasteiger partial charge in [0.15, 0.2) is 10.9 Å². The zero-order chi connectivity index (χ0) is 18.8. The zero-order valence-electron chi connectivity index (χ0n) is 15.6. The first-order valence-corrected chi connectivity index (χ1v) is 10.6. The highest BCUT2D eigenvalue weighted by Crippen LogP contribution is 2.34. The molecule has 2 aliphatic rings. The normalized spacial score (nSPS) is 20.3. The number of piperidine rings is 1. The number of likely N-dealkylation sites (tertiary alicyclic amines) is 1. The van der Waals surface area contributed by atoms with Crippen molar-refractivity contribution in [1.29, 1.82) is 0 Å². The first kappa shape index (κ1) is 18.2. The molecule has 0 bridgehead atoms. The lowest BCUT2D eigenvalue weighted by Gasteiger charge is -2.30. The lowest BCUT2D eigenvalue weighted by Crippen LogP contribution is -2.41. The van der Waals surface area contributed by atoms with Crippen LogP contribution in [0.25, 0.3) is 0 Å². The molecule has 27 heavy (non-hydrogen) atoms. The second-order valence-corrected chi connectivity index (χ2v) is 8.52. The predicted octanol–water partition coefficient (Wildman–Crippen LogP) is 3.74. The molecule has 7 heteroatoms. The molecule has 4 rings (SSSR count). The molecule has 0 saturated carbocycles. The van der Waals surface area contributed by atoms with E-state index >= 15 is 0 Å². The molecule has 1 N–H and O–H groups in total. The van der Waals surface area contributed by atoms with Gasteiger partial charge in [0, 0.05) is 23.9 Å². The summed E-state index contributed by atoms with van der Waals surface area (Å²) >= 11 is 1.63. The van der Waals surface area contributed by atoms with Crippen LogP contribution in [0.3, 0.4) is 0 Å². The summed E-state index contributed by atoms with van der Waals surface area (Å²) in [6.07, 6.45) is 7.35. The van der Waals surface area contributed by atoms with Gasteiger partial charge in [0.1, 0.15) is 0 Å². The maximum absolute atomic E-state index is 12.6. The van der Waals surface area contributed by atoms with E-state index < -0.39 is 0 Å². The minimum absolute atomic E-state index is 0.0261. The van der Waals surface area contributed by atoms with Crippen molar-refractivity contribution in [2.75, 3.05) is 18.4 Å². The third kappa shape index (κ3) is 3.93. The molecule has 6 nitrogen and oxygen atoms in total. The summed E-state index contributed by atoms with van der Waals surface area (Å²) in [5, 5.41) is 3.75. The van der Waals surface area contributed by atoms with Gasteiger partial charge in [-0.25, -0.2) is 4.98 Å². The van der Waals surface area contributed by atoms with E-state index in [9.17, 15) is 9.59 Å². The third-order valence-electron chi connectivity index (χ3n) is 5.73. The summed E-state index contributed by atoms with van der Waals surface area (Å²) in [5.41, 5.74) is 1.17. The number of carbonyl (C=O) groups is 2. The molecular weight excluding hydrogens is 362 g/mol. The number of furan rings is 1. The molecule has 2 aromatic rings. The number of anilines is 1. The van der Waals surface area contributed by atoms with E-state index in [1.165, 1.54) is 29.7 Å². The lowest BCUT2D eigenvalue weighted by atomic mass is 9.89. The average molecular weight is 388 g/mol. The monoisotopic (exact) mass is 387 g/mol. The Morgan fingerprint density at radius 2 is 2.15 bits per heavy atom. The molecule has 3 heterocycles. The Labute approximate surface area is 163 Å². The predicted molar refractivity (Wildman–Crippen MR) is 104 cm³/mol. The van der Waals surface area contributed by atoms with Crippen molar-refractivity contribution >= 4 is 28.3 Å². The number of hydrogen-bond acceptors (Lipinski definition) is 5. The third-order valence-corrected chi connectivity index (χ3v) is 6.77. The molecule has 2 aromatic heterocycles. The fourth-order valence-electron chi connectivity index (χ4n) is 3.95. The second-order valence-electron chi connectivity index (χ2n) is 7.44. The Morgan fingerprint density at radius 1 is 1.33 bits per heavy atom. The maximum atomic E-state index is 12.6. The fraction of sp³-hybridized carbons (Fsp3) is 0.550. The van der Waals surface area contributed by atoms with Gasteiger partial charge < -0.3 is 14.6 Å². The van der Waals surface area contributed by atoms with Crippen molar-refractivity contribution in [3.63, 3.8) is 0 Å². The van der Waals surface area contributed by atoms with Crippen LogP contribution < -0.4 is 5.32 Å². The van der Waals surface area contributed by atoms with E-state index in [1.54, 1.807) is 28.4 Å². The smallest absolute Gasteiger partial charge is 0.289 e. The van der Waals surface area contributed by atoms with E-state index in [-0.39, 0.29) is 17.7 Å². The van der Waals surface area contributed by atoms with Gasteiger partial charge in [0.05, 0.1) is 12.0 Å². The summed E-state index contributed by atoms with van der Waals surface area (Å²) in [4.78, 5) is 32.7. The Kier molecular flexibility index (Phi) is 5.29. The van der Waals surface area contributed by atoms with Crippen LogP contribution in [0.5, 0.6) is 0 Å². The molecule has 0 spiro atoms. The van der Waals surface area contributed by atoms with Crippen LogP contribution in [0.1, 0.15) is 53.7 Å². The van der Waals surface area contributed by atoms with Gasteiger partial charge in [-0.1, -0.05) is 13.3 Å². The van der Waals surface area contributed by atoms with Crippen LogP contribution in [-0.4, -0.2) is 34.8 Å². The number of fused-ring (bicyclic) bond motifs is 1. The van der Waals surface area contributed by atoms with Crippen LogP contribution in [0, 0.1) is 11.8 Å². The number of aromatic nitrogens is 1. The molecule has 1 saturated heterocycles. The molecule has 1 aliphatic heterocycles. The quantitative estimate of drug-likeness (QED) is 0.867. The van der Waals surface area contributed by atoms with Crippen LogP contribution >= 0.6 is 11.3 Å². The number of carbonyl (C=O) groups excluding carboxylic acids is 2. The Morgan fingerprint density at radius 3 is 2.85 bits per heavy atom. The van der Waals surface area contributed by atoms with E-state index in [2.05, 4.69) is 17.2 Å². The van der Waals surface area contributed by atoms with Gasteiger partial charge >= 0.3 is 0 Å². The van der Waals surface area contributed by atoms with Crippen molar-refractivity contribution in [3.8, 4) is 0 Å². The minimum atomic E-state index is -0.100. The van der Waals surface area contributed by atoms with Crippen molar-refractivity contribution < 1.29 is 14.0 Å². The number of thiazole rings is 1. The minimum Gasteiger partial charge on any atom is -0.459 e. The van der Waals surface area contributed by atoms with Crippen LogP contribution in [-0.2, 0) is 17.6 Å². The molecule has 1 aliphatic carbocycles. The van der Waals surface area contributed by atoms with Gasteiger partial charge in [-0.2, -0.15) is 0 Å². The molecule has 1 unspecified atom stereocenters. The van der Waals surface area contributed by atoms with E-state index in [0.29, 0.717) is 31.7 Å². The van der Waals surface area contributed by atoms with Crippen molar-refractivity contribution in [1.82, 2.24) is 9.88 Å². The number of nitrogens with zero attached hydrogens (tertiary/aromatic N) is 2. The average Bonchev–Trinajstić information content (AvgIpc) is 3.36. The van der Waals surface area contributed by atoms with Crippen LogP contribution in [0.15, 0.2) is 22.8 Å². The summed E-state index contributed by atoms with van der Waals surface area (Å²) < 4.78 is 5.18. The molecule has 0 aromatic carbocycles. The number of aryl methyl sites for hydroxylation is 1. The number of rotatable bonds is 4. The molecule has 1 atom stereocenters. The highest BCUT2D eigenvalue weighted by Gasteiger charge is 2.29. The molecule has 144 valence electrons. The van der Waals surface area contributed by atoms with Gasteiger partial charge in [0.2, 0.25) is 5.91 Å². The molecular formula is C20H25N3O3S. The highest BCUT2D eigenvalue weighted by atomic mass is 32.1. The number of amides is 2. The number of nitrogens with one attached hydrogen (secondary N) is 1. The lowest BCUT2D eigenvalue weighted by molar-refractivity contribution is -0.121. The Hall–Kier alpha value is -2.15. The Bertz CT molecular complexity index is 807. The zero-order valence-corrected chi connectivity index (χ0v) is 16.4. The first-order chi connectivity index (χ1) is 13.1. The summed E-state index contributed by atoms with van der Waals surface area (Å²) in [6.45, 7) is 3.39. The van der Waals surface area contributed by atoms with Crippen LogP contribution in [0.4, 0.5) is 5.13 Å². The largest absolute Gasteiger partial charge is 0.459 e. The van der Waals surface area contributed by atoms with E-state index in [4.69, 9.17) is 4.42 Å². The first-order valence-electron chi connectivity index (χ1n) is 9.76. The molecule has 1 fully saturated rings. The molecule has 2 amide bonds. The number of hydrogen-bond donors (Lipinski definition) is 1. The van der Waals surface area contributed by atoms with Gasteiger partial charge in [0.25, 0.3) is 5.91 Å². The fourth-order valence-corrected chi connectivity index (χ4v) is 5.08. The van der Waals surface area contributed by atoms with Gasteiger partial charge in [-0.05, 0) is 50.2 Å². The standard InChI is InChI=1S/C20H25N3O3S/c1-2-13-5-6-15-17(12-13)27-20(21-15)22-18(24)14-7-9-23(10-8-14)19(25)16-4-3-11-26-16/h3-4,11,13-14H,2,5-10,12H2,1H3,(H,21,22,24). The summed E-state index contributed by atoms with van der Waals surface area (Å²) in [7, 11) is 0. The van der Waals surface area contributed by atoms with Crippen LogP contribution in [0.2, 0.25) is 0 Å². The van der Waals surface area contributed by atoms with Crippen molar-refractivity contribution in [2.24, 2.45) is 11.8 Å². The van der Waals surface area contributed by atoms with Crippen molar-refractivity contribution in [3.05, 3.63) is 34.7 Å². The summed E-state index contributed by atoms with van der Waals surface area (Å²) in [6, 6.07) is 3.39. The second kappa shape index (κ2) is 7.84. The topological polar surface area (TPSA) is 75.4 Å². The van der Waals surface area contributed by atoms with Gasteiger partial charge in [-0.15, -0.1) is 11.3 Å². The SMILES string of the molecule is CCC1CCc2nc(NC(=O)C3CCN(C(=O)c4ccco4)CC3)sc2C1. The maximum Gasteiger partial charge on any atom is 0.289 e. The van der Waals surface area contributed by atoms with Gasteiger partial charge in [-0.3, -0.25) is 9.59 Å². The van der Waals surface area contributed by atoms with E-state index in [1.807, 2.05) is 0 Å². The highest BCUT2D eigenvalue weighted by molar-refractivity contribution is 7.15. The molecule has 0 radical (unpaired) electrons.